The Morgan fingerprint density at radius 2 is 1.40 bits per heavy atom. The number of hydrogen-bond acceptors (Lipinski definition) is 4. The van der Waals surface area contributed by atoms with Crippen LogP contribution in [0.5, 0.6) is 5.75 Å². The lowest BCUT2D eigenvalue weighted by Gasteiger charge is -2.15. The molecule has 5 nitrogen and oxygen atoms in total. The van der Waals surface area contributed by atoms with Crippen LogP contribution in [0, 0.1) is 53.8 Å². The molecule has 0 aliphatic rings. The van der Waals surface area contributed by atoms with E-state index in [2.05, 4.69) is 4.74 Å². The van der Waals surface area contributed by atoms with Crippen LogP contribution in [0.15, 0.2) is 0 Å². The number of halogens is 5. The molecule has 0 radical (unpaired) electrons. The van der Waals surface area contributed by atoms with Gasteiger partial charge in [-0.1, -0.05) is 0 Å². The second kappa shape index (κ2) is 7.93. The van der Waals surface area contributed by atoms with Crippen molar-refractivity contribution in [2.45, 2.75) is 12.5 Å². The number of terminal acetylenes is 2. The lowest BCUT2D eigenvalue weighted by atomic mass is 10.1. The van der Waals surface area contributed by atoms with Gasteiger partial charge in [0.25, 0.3) is 5.91 Å². The molecule has 1 aromatic carbocycles. The molecule has 130 valence electrons. The normalized spacial score (nSPS) is 11.0. The van der Waals surface area contributed by atoms with Crippen LogP contribution in [-0.4, -0.2) is 23.7 Å². The summed E-state index contributed by atoms with van der Waals surface area (Å²) in [5, 5.41) is 1.76. The molecule has 0 aliphatic heterocycles. The maximum absolute atomic E-state index is 13.5. The largest absolute Gasteiger partial charge is 0.418 e. The van der Waals surface area contributed by atoms with Crippen molar-refractivity contribution in [2.75, 3.05) is 0 Å². The standard InChI is InChI=1S/C15H6F5NO4/c1-3-6(22)5-7(21-8(23)4-2)15(24)25-14-12(19)10(17)9(16)11(18)13(14)20/h1-2,7H,5H2,(H,21,23). The van der Waals surface area contributed by atoms with Gasteiger partial charge in [0.2, 0.25) is 40.6 Å². The van der Waals surface area contributed by atoms with Crippen molar-refractivity contribution in [3.63, 3.8) is 0 Å². The Morgan fingerprint density at radius 3 is 1.84 bits per heavy atom. The number of amides is 1. The molecule has 0 spiro atoms. The minimum atomic E-state index is -2.46. The first-order chi connectivity index (χ1) is 11.6. The smallest absolute Gasteiger partial charge is 0.334 e. The first kappa shape index (κ1) is 19.6. The van der Waals surface area contributed by atoms with E-state index in [1.165, 1.54) is 5.92 Å². The van der Waals surface area contributed by atoms with Crippen LogP contribution in [0.1, 0.15) is 6.42 Å². The first-order valence-corrected chi connectivity index (χ1v) is 6.13. The van der Waals surface area contributed by atoms with Crippen LogP contribution in [0.3, 0.4) is 0 Å². The van der Waals surface area contributed by atoms with E-state index in [0.717, 1.165) is 0 Å². The summed E-state index contributed by atoms with van der Waals surface area (Å²) in [6.07, 6.45) is 8.63. The third-order valence-electron chi connectivity index (χ3n) is 2.64. The number of ketones is 1. The summed E-state index contributed by atoms with van der Waals surface area (Å²) in [6.45, 7) is 0. The van der Waals surface area contributed by atoms with E-state index in [1.54, 1.807) is 11.2 Å². The predicted molar refractivity (Wildman–Crippen MR) is 71.1 cm³/mol. The average Bonchev–Trinajstić information content (AvgIpc) is 2.60. The van der Waals surface area contributed by atoms with Crippen LogP contribution in [-0.2, 0) is 14.4 Å². The molecule has 0 saturated carbocycles. The van der Waals surface area contributed by atoms with Gasteiger partial charge in [0.1, 0.15) is 6.04 Å². The van der Waals surface area contributed by atoms with Crippen LogP contribution in [0.4, 0.5) is 22.0 Å². The zero-order valence-electron chi connectivity index (χ0n) is 12.0. The molecule has 10 heteroatoms. The fourth-order valence-corrected chi connectivity index (χ4v) is 1.48. The number of Topliss-reactive ketones (excluding diaryl/α,β-unsaturated/α-hetero) is 1. The Hall–Kier alpha value is -3.40. The molecule has 0 aromatic heterocycles. The molecule has 1 N–H and O–H groups in total. The lowest BCUT2D eigenvalue weighted by molar-refractivity contribution is -0.140. The van der Waals surface area contributed by atoms with Crippen molar-refractivity contribution >= 4 is 17.7 Å². The van der Waals surface area contributed by atoms with E-state index >= 15 is 0 Å². The Balaban J connectivity index is 3.21. The molecule has 0 aliphatic carbocycles. The molecule has 1 rings (SSSR count). The van der Waals surface area contributed by atoms with E-state index in [9.17, 15) is 36.3 Å². The summed E-state index contributed by atoms with van der Waals surface area (Å²) in [6, 6.07) is -1.91. The number of esters is 1. The molecule has 1 unspecified atom stereocenters. The van der Waals surface area contributed by atoms with Gasteiger partial charge in [-0.15, -0.1) is 12.8 Å². The average molecular weight is 359 g/mol. The fourth-order valence-electron chi connectivity index (χ4n) is 1.48. The third-order valence-corrected chi connectivity index (χ3v) is 2.64. The Kier molecular flexibility index (Phi) is 6.23. The van der Waals surface area contributed by atoms with Crippen molar-refractivity contribution in [3.05, 3.63) is 29.1 Å². The van der Waals surface area contributed by atoms with E-state index < -0.39 is 65.0 Å². The highest BCUT2D eigenvalue weighted by Gasteiger charge is 2.31. The second-order valence-electron chi connectivity index (χ2n) is 4.26. The molecule has 0 heterocycles. The molecule has 0 bridgehead atoms. The van der Waals surface area contributed by atoms with Gasteiger partial charge >= 0.3 is 5.97 Å². The van der Waals surface area contributed by atoms with Crippen molar-refractivity contribution in [2.24, 2.45) is 0 Å². The monoisotopic (exact) mass is 359 g/mol. The zero-order valence-corrected chi connectivity index (χ0v) is 12.0. The summed E-state index contributed by atoms with van der Waals surface area (Å²) < 4.78 is 70.1. The second-order valence-corrected chi connectivity index (χ2v) is 4.26. The molecular weight excluding hydrogens is 353 g/mol. The van der Waals surface area contributed by atoms with Gasteiger partial charge in [0.05, 0.1) is 0 Å². The highest BCUT2D eigenvalue weighted by Crippen LogP contribution is 2.29. The van der Waals surface area contributed by atoms with E-state index in [1.807, 2.05) is 0 Å². The third kappa shape index (κ3) is 4.32. The van der Waals surface area contributed by atoms with Crippen LogP contribution in [0.2, 0.25) is 0 Å². The van der Waals surface area contributed by atoms with E-state index in [4.69, 9.17) is 12.8 Å². The molecule has 1 atom stereocenters. The molecule has 0 fully saturated rings. The summed E-state index contributed by atoms with van der Waals surface area (Å²) in [4.78, 5) is 34.1. The van der Waals surface area contributed by atoms with Crippen molar-refractivity contribution in [1.29, 1.82) is 0 Å². The summed E-state index contributed by atoms with van der Waals surface area (Å²) in [7, 11) is 0. The number of carbonyl (C=O) groups excluding carboxylic acids is 3. The minimum Gasteiger partial charge on any atom is -0.418 e. The van der Waals surface area contributed by atoms with Gasteiger partial charge in [0, 0.05) is 6.42 Å². The van der Waals surface area contributed by atoms with Gasteiger partial charge in [0.15, 0.2) is 0 Å². The first-order valence-electron chi connectivity index (χ1n) is 6.13. The maximum Gasteiger partial charge on any atom is 0.334 e. The number of carbonyl (C=O) groups is 3. The Morgan fingerprint density at radius 1 is 0.920 bits per heavy atom. The van der Waals surface area contributed by atoms with Gasteiger partial charge < -0.3 is 10.1 Å². The number of benzene rings is 1. The van der Waals surface area contributed by atoms with Gasteiger partial charge in [-0.3, -0.25) is 9.59 Å². The van der Waals surface area contributed by atoms with Gasteiger partial charge in [-0.25, -0.2) is 18.0 Å². The number of ether oxygens (including phenoxy) is 1. The maximum atomic E-state index is 13.5. The SMILES string of the molecule is C#CC(=O)CC(NC(=O)C#C)C(=O)Oc1c(F)c(F)c(F)c(F)c1F. The molecule has 1 aromatic rings. The summed E-state index contributed by atoms with van der Waals surface area (Å²) in [5.41, 5.74) is 0. The predicted octanol–water partition coefficient (Wildman–Crippen LogP) is 0.998. The fraction of sp³-hybridized carbons (Fsp3) is 0.133. The van der Waals surface area contributed by atoms with E-state index in [-0.39, 0.29) is 0 Å². The van der Waals surface area contributed by atoms with Crippen LogP contribution >= 0.6 is 0 Å². The molecule has 0 saturated heterocycles. The van der Waals surface area contributed by atoms with Crippen molar-refractivity contribution < 1.29 is 41.1 Å². The number of nitrogens with one attached hydrogen (secondary N) is 1. The topological polar surface area (TPSA) is 72.5 Å². The van der Waals surface area contributed by atoms with Crippen molar-refractivity contribution in [1.82, 2.24) is 5.32 Å². The number of hydrogen-bond donors (Lipinski definition) is 1. The highest BCUT2D eigenvalue weighted by atomic mass is 19.2. The zero-order chi connectivity index (χ0) is 19.3. The van der Waals surface area contributed by atoms with Crippen LogP contribution < -0.4 is 10.1 Å². The molecular formula is C15H6F5NO4. The highest BCUT2D eigenvalue weighted by molar-refractivity contribution is 6.01. The minimum absolute atomic E-state index is 0.891. The lowest BCUT2D eigenvalue weighted by Crippen LogP contribution is -2.44. The summed E-state index contributed by atoms with van der Waals surface area (Å²) >= 11 is 0. The Labute approximate surface area is 137 Å². The van der Waals surface area contributed by atoms with E-state index in [0.29, 0.717) is 0 Å². The van der Waals surface area contributed by atoms with Crippen molar-refractivity contribution in [3.8, 4) is 30.4 Å². The summed E-state index contributed by atoms with van der Waals surface area (Å²) in [5.74, 6) is -14.8. The van der Waals surface area contributed by atoms with Gasteiger partial charge in [-0.2, -0.15) is 8.78 Å². The van der Waals surface area contributed by atoms with Crippen LogP contribution in [0.25, 0.3) is 0 Å². The Bertz CT molecular complexity index is 781. The molecule has 1 amide bonds. The number of rotatable bonds is 5. The van der Waals surface area contributed by atoms with Gasteiger partial charge in [-0.05, 0) is 11.8 Å². The quantitative estimate of drug-likeness (QED) is 0.162. The molecule has 25 heavy (non-hydrogen) atoms.